The van der Waals surface area contributed by atoms with Gasteiger partial charge in [0.25, 0.3) is 5.91 Å². The fraction of sp³-hybridized carbons (Fsp3) is 0.227. The molecule has 0 aliphatic carbocycles. The number of nitrogens with one attached hydrogen (secondary N) is 2. The van der Waals surface area contributed by atoms with Crippen LogP contribution < -0.4 is 10.6 Å². The van der Waals surface area contributed by atoms with Crippen LogP contribution in [-0.2, 0) is 4.79 Å². The van der Waals surface area contributed by atoms with E-state index in [1.54, 1.807) is 37.2 Å². The van der Waals surface area contributed by atoms with E-state index in [0.717, 1.165) is 5.39 Å². The first-order chi connectivity index (χ1) is 14.3. The fourth-order valence-electron chi connectivity index (χ4n) is 2.87. The van der Waals surface area contributed by atoms with Crippen LogP contribution in [0.2, 0.25) is 5.02 Å². The molecule has 0 unspecified atom stereocenters. The first kappa shape index (κ1) is 21.4. The highest BCUT2D eigenvalue weighted by Gasteiger charge is 2.21. The van der Waals surface area contributed by atoms with E-state index >= 15 is 0 Å². The number of para-hydroxylation sites is 1. The Morgan fingerprint density at radius 3 is 2.60 bits per heavy atom. The maximum absolute atomic E-state index is 12.9. The molecule has 30 heavy (non-hydrogen) atoms. The molecule has 3 rings (SSSR count). The second-order valence-corrected chi connectivity index (χ2v) is 7.42. The number of furan rings is 1. The lowest BCUT2D eigenvalue weighted by molar-refractivity contribution is -0.128. The van der Waals surface area contributed by atoms with Gasteiger partial charge in [-0.2, -0.15) is 0 Å². The number of hydrogen-bond donors (Lipinski definition) is 2. The number of aromatic nitrogens is 1. The van der Waals surface area contributed by atoms with Gasteiger partial charge in [-0.25, -0.2) is 4.98 Å². The van der Waals surface area contributed by atoms with Gasteiger partial charge >= 0.3 is 0 Å². The molecule has 2 N–H and O–H groups in total. The lowest BCUT2D eigenvalue weighted by Gasteiger charge is -2.12. The van der Waals surface area contributed by atoms with E-state index in [1.807, 2.05) is 18.2 Å². The zero-order chi connectivity index (χ0) is 21.7. The monoisotopic (exact) mass is 426 g/mol. The van der Waals surface area contributed by atoms with Crippen LogP contribution in [0.1, 0.15) is 29.8 Å². The number of anilines is 2. The fourth-order valence-corrected chi connectivity index (χ4v) is 2.98. The van der Waals surface area contributed by atoms with Crippen molar-refractivity contribution in [1.29, 1.82) is 0 Å². The first-order valence-electron chi connectivity index (χ1n) is 9.44. The molecule has 0 radical (unpaired) electrons. The summed E-state index contributed by atoms with van der Waals surface area (Å²) >= 11 is 5.84. The highest BCUT2D eigenvalue weighted by molar-refractivity contribution is 6.30. The van der Waals surface area contributed by atoms with Crippen LogP contribution in [0.3, 0.4) is 0 Å². The van der Waals surface area contributed by atoms with Gasteiger partial charge < -0.3 is 20.0 Å². The molecular weight excluding hydrogens is 404 g/mol. The molecule has 0 aliphatic rings. The van der Waals surface area contributed by atoms with Crippen molar-refractivity contribution < 1.29 is 14.0 Å². The van der Waals surface area contributed by atoms with Crippen molar-refractivity contribution in [2.24, 2.45) is 0 Å². The lowest BCUT2D eigenvalue weighted by Crippen LogP contribution is -2.21. The molecule has 2 heterocycles. The molecular formula is C22H23ClN4O3. The van der Waals surface area contributed by atoms with E-state index in [-0.39, 0.29) is 11.7 Å². The van der Waals surface area contributed by atoms with Gasteiger partial charge in [0.15, 0.2) is 0 Å². The minimum atomic E-state index is -0.445. The Morgan fingerprint density at radius 1 is 1.13 bits per heavy atom. The summed E-state index contributed by atoms with van der Waals surface area (Å²) in [7, 11) is 3.46. The normalized spacial score (nSPS) is 10.6. The molecule has 0 fully saturated rings. The minimum absolute atomic E-state index is 0.0621. The summed E-state index contributed by atoms with van der Waals surface area (Å²) in [6.45, 7) is 4.04. The summed E-state index contributed by atoms with van der Waals surface area (Å²) in [4.78, 5) is 30.2. The minimum Gasteiger partial charge on any atom is -0.449 e. The van der Waals surface area contributed by atoms with E-state index < -0.39 is 5.91 Å². The van der Waals surface area contributed by atoms with Crippen LogP contribution in [0.25, 0.3) is 11.0 Å². The molecule has 0 atom stereocenters. The van der Waals surface area contributed by atoms with Crippen molar-refractivity contribution in [3.63, 3.8) is 0 Å². The number of fused-ring (bicyclic) bond motifs is 1. The van der Waals surface area contributed by atoms with Crippen LogP contribution in [0.15, 0.2) is 59.3 Å². The Morgan fingerprint density at radius 2 is 1.90 bits per heavy atom. The molecule has 7 nitrogen and oxygen atoms in total. The Balaban J connectivity index is 1.77. The lowest BCUT2D eigenvalue weighted by atomic mass is 10.1. The molecule has 0 bridgehead atoms. The second-order valence-electron chi connectivity index (χ2n) is 6.99. The van der Waals surface area contributed by atoms with Crippen LogP contribution in [0.5, 0.6) is 0 Å². The third-order valence-corrected chi connectivity index (χ3v) is 4.66. The van der Waals surface area contributed by atoms with Gasteiger partial charge in [0, 0.05) is 37.8 Å². The number of amides is 2. The average molecular weight is 427 g/mol. The van der Waals surface area contributed by atoms with Crippen LogP contribution >= 0.6 is 11.6 Å². The Labute approximate surface area is 179 Å². The van der Waals surface area contributed by atoms with Gasteiger partial charge in [-0.15, -0.1) is 0 Å². The number of allylic oxidation sites excluding steroid dienone is 1. The number of carbonyl (C=O) groups is 2. The van der Waals surface area contributed by atoms with Gasteiger partial charge in [-0.3, -0.25) is 9.59 Å². The molecule has 0 spiro atoms. The number of nitrogens with zero attached hydrogens (tertiary/aromatic N) is 2. The average Bonchev–Trinajstić information content (AvgIpc) is 3.08. The van der Waals surface area contributed by atoms with Crippen LogP contribution in [0, 0.1) is 0 Å². The Hall–Kier alpha value is -3.32. The number of rotatable bonds is 8. The highest BCUT2D eigenvalue weighted by atomic mass is 35.5. The van der Waals surface area contributed by atoms with E-state index in [9.17, 15) is 9.59 Å². The Bertz CT molecular complexity index is 1070. The second kappa shape index (κ2) is 9.45. The van der Waals surface area contributed by atoms with Crippen molar-refractivity contribution >= 4 is 45.9 Å². The molecule has 2 aromatic heterocycles. The predicted molar refractivity (Wildman–Crippen MR) is 119 cm³/mol. The molecule has 0 saturated heterocycles. The topological polar surface area (TPSA) is 87.5 Å². The van der Waals surface area contributed by atoms with Gasteiger partial charge in [0.2, 0.25) is 11.7 Å². The van der Waals surface area contributed by atoms with Crippen molar-refractivity contribution in [3.05, 3.63) is 65.7 Å². The SMILES string of the molecule is C=C(CCCC(=O)N(C)C)Nc1c(C(=O)Nc2ccc(Cl)cn2)oc2ccccc12. The molecule has 0 aliphatic heterocycles. The number of hydrogen-bond acceptors (Lipinski definition) is 5. The first-order valence-corrected chi connectivity index (χ1v) is 9.82. The summed E-state index contributed by atoms with van der Waals surface area (Å²) in [6.07, 6.45) is 3.11. The summed E-state index contributed by atoms with van der Waals surface area (Å²) in [5.41, 5.74) is 1.79. The highest BCUT2D eigenvalue weighted by Crippen LogP contribution is 2.32. The third-order valence-electron chi connectivity index (χ3n) is 4.44. The zero-order valence-electron chi connectivity index (χ0n) is 16.9. The van der Waals surface area contributed by atoms with Gasteiger partial charge in [-0.05, 0) is 37.1 Å². The van der Waals surface area contributed by atoms with Crippen molar-refractivity contribution in [3.8, 4) is 0 Å². The smallest absolute Gasteiger partial charge is 0.294 e. The van der Waals surface area contributed by atoms with E-state index in [1.165, 1.54) is 6.20 Å². The molecule has 156 valence electrons. The molecule has 3 aromatic rings. The van der Waals surface area contributed by atoms with Gasteiger partial charge in [0.1, 0.15) is 11.4 Å². The van der Waals surface area contributed by atoms with E-state index in [4.69, 9.17) is 16.0 Å². The summed E-state index contributed by atoms with van der Waals surface area (Å²) < 4.78 is 5.80. The van der Waals surface area contributed by atoms with Crippen molar-refractivity contribution in [2.75, 3.05) is 24.7 Å². The maximum Gasteiger partial charge on any atom is 0.294 e. The van der Waals surface area contributed by atoms with Gasteiger partial charge in [0.05, 0.1) is 10.7 Å². The molecule has 2 amide bonds. The van der Waals surface area contributed by atoms with Crippen LogP contribution in [-0.4, -0.2) is 35.8 Å². The Kier molecular flexibility index (Phi) is 6.74. The zero-order valence-corrected chi connectivity index (χ0v) is 17.6. The third kappa shape index (κ3) is 5.18. The van der Waals surface area contributed by atoms with Crippen LogP contribution in [0.4, 0.5) is 11.5 Å². The summed E-state index contributed by atoms with van der Waals surface area (Å²) in [6, 6.07) is 10.6. The number of benzene rings is 1. The predicted octanol–water partition coefficient (Wildman–Crippen LogP) is 4.92. The van der Waals surface area contributed by atoms with Crippen molar-refractivity contribution in [1.82, 2.24) is 9.88 Å². The van der Waals surface area contributed by atoms with Crippen molar-refractivity contribution in [2.45, 2.75) is 19.3 Å². The summed E-state index contributed by atoms with van der Waals surface area (Å²) in [5, 5.41) is 7.14. The number of carbonyl (C=O) groups excluding carboxylic acids is 2. The largest absolute Gasteiger partial charge is 0.449 e. The molecule has 1 aromatic carbocycles. The standard InChI is InChI=1S/C22H23ClN4O3/c1-14(7-6-10-19(28)27(2)3)25-20-16-8-4-5-9-17(16)30-21(20)22(29)26-18-12-11-15(23)13-24-18/h4-5,8-9,11-13,25H,1,6-7,10H2,2-3H3,(H,24,26,29). The molecule has 0 saturated carbocycles. The van der Waals surface area contributed by atoms with E-state index in [2.05, 4.69) is 22.2 Å². The number of halogens is 1. The maximum atomic E-state index is 12.9. The van der Waals surface area contributed by atoms with E-state index in [0.29, 0.717) is 47.1 Å². The molecule has 8 heteroatoms. The quantitative estimate of drug-likeness (QED) is 0.534. The van der Waals surface area contributed by atoms with Gasteiger partial charge in [-0.1, -0.05) is 30.3 Å². The summed E-state index contributed by atoms with van der Waals surface area (Å²) in [5.74, 6) is 0.0986. The number of pyridine rings is 1.